The molecule has 0 radical (unpaired) electrons. The summed E-state index contributed by atoms with van der Waals surface area (Å²) >= 11 is 1.26. The smallest absolute Gasteiger partial charge is 0.349 e. The van der Waals surface area contributed by atoms with E-state index >= 15 is 0 Å². The lowest BCUT2D eigenvalue weighted by atomic mass is 10.1. The number of ether oxygens (including phenoxy) is 1. The zero-order chi connectivity index (χ0) is 17.1. The van der Waals surface area contributed by atoms with E-state index in [4.69, 9.17) is 4.74 Å². The van der Waals surface area contributed by atoms with Gasteiger partial charge in [-0.3, -0.25) is 9.69 Å². The Balaban J connectivity index is 1.68. The van der Waals surface area contributed by atoms with Gasteiger partial charge >= 0.3 is 12.0 Å². The first-order valence-electron chi connectivity index (χ1n) is 7.46. The Labute approximate surface area is 143 Å². The van der Waals surface area contributed by atoms with Gasteiger partial charge < -0.3 is 10.1 Å². The van der Waals surface area contributed by atoms with Crippen molar-refractivity contribution in [1.82, 2.24) is 10.2 Å². The van der Waals surface area contributed by atoms with Crippen LogP contribution in [0.4, 0.5) is 4.79 Å². The molecule has 1 fully saturated rings. The average molecular weight is 344 g/mol. The first-order chi connectivity index (χ1) is 11.6. The number of nitrogens with zero attached hydrogens (tertiary/aromatic N) is 1. The van der Waals surface area contributed by atoms with Gasteiger partial charge in [-0.2, -0.15) is 0 Å². The highest BCUT2D eigenvalue weighted by atomic mass is 32.1. The molecule has 1 saturated heterocycles. The number of hydrogen-bond acceptors (Lipinski definition) is 5. The molecule has 7 heteroatoms. The summed E-state index contributed by atoms with van der Waals surface area (Å²) < 4.78 is 5.10. The van der Waals surface area contributed by atoms with Crippen LogP contribution in [0.1, 0.15) is 15.2 Å². The summed E-state index contributed by atoms with van der Waals surface area (Å²) in [6.45, 7) is 2.26. The zero-order valence-corrected chi connectivity index (χ0v) is 13.9. The van der Waals surface area contributed by atoms with Crippen molar-refractivity contribution in [2.45, 2.75) is 6.92 Å². The van der Waals surface area contributed by atoms with Crippen molar-refractivity contribution in [2.75, 3.05) is 19.7 Å². The number of rotatable bonds is 4. The first-order valence-corrected chi connectivity index (χ1v) is 8.34. The molecule has 6 nitrogen and oxygen atoms in total. The van der Waals surface area contributed by atoms with Crippen molar-refractivity contribution in [1.29, 1.82) is 0 Å². The van der Waals surface area contributed by atoms with Gasteiger partial charge in [0.15, 0.2) is 6.61 Å². The highest BCUT2D eigenvalue weighted by Gasteiger charge is 2.27. The molecule has 1 aliphatic heterocycles. The van der Waals surface area contributed by atoms with E-state index in [2.05, 4.69) is 5.32 Å². The predicted molar refractivity (Wildman–Crippen MR) is 89.9 cm³/mol. The quantitative estimate of drug-likeness (QED) is 0.865. The lowest BCUT2D eigenvalue weighted by Gasteiger charge is -2.12. The van der Waals surface area contributed by atoms with E-state index in [0.717, 1.165) is 21.6 Å². The number of benzene rings is 1. The van der Waals surface area contributed by atoms with E-state index in [1.807, 2.05) is 42.6 Å². The third-order valence-corrected chi connectivity index (χ3v) is 4.59. The van der Waals surface area contributed by atoms with Crippen molar-refractivity contribution < 1.29 is 19.1 Å². The highest BCUT2D eigenvalue weighted by molar-refractivity contribution is 7.12. The van der Waals surface area contributed by atoms with Gasteiger partial charge in [0.25, 0.3) is 5.91 Å². The van der Waals surface area contributed by atoms with Crippen LogP contribution in [0.15, 0.2) is 35.7 Å². The average Bonchev–Trinajstić information content (AvgIpc) is 3.22. The summed E-state index contributed by atoms with van der Waals surface area (Å²) in [6.07, 6.45) is 0. The molecule has 2 heterocycles. The molecule has 0 unspecified atom stereocenters. The summed E-state index contributed by atoms with van der Waals surface area (Å²) in [6, 6.07) is 9.21. The number of esters is 1. The fourth-order valence-corrected chi connectivity index (χ4v) is 3.22. The largest absolute Gasteiger partial charge is 0.451 e. The summed E-state index contributed by atoms with van der Waals surface area (Å²) in [4.78, 5) is 37.1. The molecule has 3 amide bonds. The lowest BCUT2D eigenvalue weighted by molar-refractivity contribution is -0.130. The Kier molecular flexibility index (Phi) is 4.61. The van der Waals surface area contributed by atoms with Crippen LogP contribution in [0.5, 0.6) is 0 Å². The normalized spacial score (nSPS) is 13.7. The van der Waals surface area contributed by atoms with Crippen LogP contribution in [0, 0.1) is 6.92 Å². The maximum Gasteiger partial charge on any atom is 0.349 e. The Morgan fingerprint density at radius 3 is 2.67 bits per heavy atom. The fraction of sp³-hybridized carbons (Fsp3) is 0.235. The van der Waals surface area contributed by atoms with Gasteiger partial charge in [0, 0.05) is 18.7 Å². The van der Waals surface area contributed by atoms with Crippen molar-refractivity contribution >= 4 is 29.2 Å². The molecule has 3 rings (SSSR count). The van der Waals surface area contributed by atoms with Gasteiger partial charge in [0.1, 0.15) is 4.88 Å². The number of nitrogens with one attached hydrogen (secondary N) is 1. The molecule has 0 saturated carbocycles. The van der Waals surface area contributed by atoms with E-state index in [9.17, 15) is 14.4 Å². The maximum atomic E-state index is 12.3. The molecule has 24 heavy (non-hydrogen) atoms. The number of carbonyl (C=O) groups excluding carboxylic acids is 3. The van der Waals surface area contributed by atoms with Crippen LogP contribution in [-0.4, -0.2) is 42.5 Å². The zero-order valence-electron chi connectivity index (χ0n) is 13.1. The summed E-state index contributed by atoms with van der Waals surface area (Å²) in [5, 5.41) is 4.34. The van der Waals surface area contributed by atoms with Crippen LogP contribution >= 0.6 is 11.3 Å². The molecule has 1 N–H and O–H groups in total. The minimum Gasteiger partial charge on any atom is -0.451 e. The van der Waals surface area contributed by atoms with Gasteiger partial charge in [0.2, 0.25) is 0 Å². The van der Waals surface area contributed by atoms with Gasteiger partial charge in [-0.05, 0) is 23.9 Å². The lowest BCUT2D eigenvalue weighted by Crippen LogP contribution is -2.37. The van der Waals surface area contributed by atoms with Crippen LogP contribution in [0.2, 0.25) is 0 Å². The minimum atomic E-state index is -0.562. The molecular weight excluding hydrogens is 328 g/mol. The summed E-state index contributed by atoms with van der Waals surface area (Å²) in [5.41, 5.74) is 2.82. The molecule has 0 atom stereocenters. The molecule has 124 valence electrons. The fourth-order valence-electron chi connectivity index (χ4n) is 2.41. The highest BCUT2D eigenvalue weighted by Crippen LogP contribution is 2.29. The Hall–Kier alpha value is -2.67. The first kappa shape index (κ1) is 16.2. The minimum absolute atomic E-state index is 0.294. The standard InChI is InChI=1S/C17H16N2O4S/c1-11-2-4-12(5-3-11)13-6-9-24-15(13)16(21)23-10-14(20)19-8-7-18-17(19)22/h2-6,9H,7-8,10H2,1H3,(H,18,22). The van der Waals surface area contributed by atoms with Crippen molar-refractivity contribution in [2.24, 2.45) is 0 Å². The number of aryl methyl sites for hydroxylation is 1. The second kappa shape index (κ2) is 6.84. The second-order valence-corrected chi connectivity index (χ2v) is 6.30. The van der Waals surface area contributed by atoms with Gasteiger partial charge in [-0.25, -0.2) is 9.59 Å². The molecule has 0 aliphatic carbocycles. The van der Waals surface area contributed by atoms with E-state index in [0.29, 0.717) is 18.0 Å². The molecular formula is C17H16N2O4S. The molecule has 1 aliphatic rings. The molecule has 1 aromatic heterocycles. The Bertz CT molecular complexity index is 782. The molecule has 1 aromatic carbocycles. The maximum absolute atomic E-state index is 12.3. The van der Waals surface area contributed by atoms with Crippen LogP contribution in [0.3, 0.4) is 0 Å². The summed E-state index contributed by atoms with van der Waals surface area (Å²) in [7, 11) is 0. The van der Waals surface area contributed by atoms with Crippen LogP contribution in [-0.2, 0) is 9.53 Å². The second-order valence-electron chi connectivity index (χ2n) is 5.38. The number of hydrogen-bond donors (Lipinski definition) is 1. The number of imide groups is 1. The third-order valence-electron chi connectivity index (χ3n) is 3.70. The van der Waals surface area contributed by atoms with Gasteiger partial charge in [-0.15, -0.1) is 11.3 Å². The van der Waals surface area contributed by atoms with E-state index in [1.54, 1.807) is 0 Å². The van der Waals surface area contributed by atoms with E-state index < -0.39 is 24.5 Å². The number of urea groups is 1. The van der Waals surface area contributed by atoms with Crippen molar-refractivity contribution in [3.05, 3.63) is 46.2 Å². The molecule has 0 spiro atoms. The van der Waals surface area contributed by atoms with Crippen LogP contribution in [0.25, 0.3) is 11.1 Å². The third kappa shape index (κ3) is 3.30. The van der Waals surface area contributed by atoms with Crippen LogP contribution < -0.4 is 5.32 Å². The van der Waals surface area contributed by atoms with Gasteiger partial charge in [-0.1, -0.05) is 29.8 Å². The number of thiophene rings is 1. The Morgan fingerprint density at radius 1 is 1.25 bits per heavy atom. The van der Waals surface area contributed by atoms with Crippen molar-refractivity contribution in [3.63, 3.8) is 0 Å². The topological polar surface area (TPSA) is 75.7 Å². The number of carbonyl (C=O) groups is 3. The SMILES string of the molecule is Cc1ccc(-c2ccsc2C(=O)OCC(=O)N2CCNC2=O)cc1. The molecule has 0 bridgehead atoms. The monoisotopic (exact) mass is 344 g/mol. The van der Waals surface area contributed by atoms with Crippen molar-refractivity contribution in [3.8, 4) is 11.1 Å². The number of amides is 3. The summed E-state index contributed by atoms with van der Waals surface area (Å²) in [5.74, 6) is -1.08. The van der Waals surface area contributed by atoms with E-state index in [1.165, 1.54) is 11.3 Å². The van der Waals surface area contributed by atoms with E-state index in [-0.39, 0.29) is 0 Å². The Morgan fingerprint density at radius 2 is 2.00 bits per heavy atom. The van der Waals surface area contributed by atoms with Gasteiger partial charge in [0.05, 0.1) is 0 Å². The predicted octanol–water partition coefficient (Wildman–Crippen LogP) is 2.43. The molecule has 2 aromatic rings.